The Hall–Kier alpha value is -2.06. The summed E-state index contributed by atoms with van der Waals surface area (Å²) >= 11 is 0. The first-order valence-electron chi connectivity index (χ1n) is 6.32. The molecule has 0 saturated carbocycles. The number of hydrogen-bond donors (Lipinski definition) is 2. The Balaban J connectivity index is 2.26. The average Bonchev–Trinajstić information content (AvgIpc) is 2.44. The van der Waals surface area contributed by atoms with Crippen molar-refractivity contribution in [2.75, 3.05) is 19.7 Å². The van der Waals surface area contributed by atoms with Gasteiger partial charge in [0.2, 0.25) is 5.91 Å². The summed E-state index contributed by atoms with van der Waals surface area (Å²) < 4.78 is 5.15. The number of carbonyl (C=O) groups excluding carboxylic acids is 1. The fourth-order valence-corrected chi connectivity index (χ4v) is 1.47. The molecule has 1 aromatic carbocycles. The quantitative estimate of drug-likeness (QED) is 0.737. The molecule has 0 aliphatic carbocycles. The van der Waals surface area contributed by atoms with E-state index in [-0.39, 0.29) is 12.5 Å². The van der Waals surface area contributed by atoms with Crippen LogP contribution in [0.4, 0.5) is 0 Å². The number of nitrogens with one attached hydrogen (secondary N) is 2. The van der Waals surface area contributed by atoms with Gasteiger partial charge in [-0.05, 0) is 24.1 Å². The Bertz CT molecular complexity index is 423. The zero-order chi connectivity index (χ0) is 13.9. The Morgan fingerprint density at radius 3 is 2.74 bits per heavy atom. The zero-order valence-corrected chi connectivity index (χ0v) is 11.1. The van der Waals surface area contributed by atoms with Crippen molar-refractivity contribution in [1.29, 1.82) is 5.26 Å². The number of amides is 1. The molecule has 0 heterocycles. The molecule has 0 unspecified atom stereocenters. The Kier molecular flexibility index (Phi) is 7.06. The van der Waals surface area contributed by atoms with Crippen LogP contribution in [0.25, 0.3) is 0 Å². The number of ether oxygens (including phenoxy) is 1. The molecule has 1 rings (SSSR count). The molecule has 19 heavy (non-hydrogen) atoms. The van der Waals surface area contributed by atoms with Gasteiger partial charge in [0.1, 0.15) is 11.8 Å². The first-order chi connectivity index (χ1) is 9.26. The number of hydrogen-bond acceptors (Lipinski definition) is 4. The largest absolute Gasteiger partial charge is 0.479 e. The second-order valence-electron chi connectivity index (χ2n) is 4.04. The van der Waals surface area contributed by atoms with Crippen LogP contribution >= 0.6 is 0 Å². The molecule has 102 valence electrons. The fraction of sp³-hybridized carbons (Fsp3) is 0.429. The molecular weight excluding hydrogens is 242 g/mol. The van der Waals surface area contributed by atoms with Gasteiger partial charge in [-0.15, -0.1) is 0 Å². The molecule has 0 spiro atoms. The minimum absolute atomic E-state index is 0.0100. The van der Waals surface area contributed by atoms with Crippen LogP contribution in [-0.4, -0.2) is 25.6 Å². The summed E-state index contributed by atoms with van der Waals surface area (Å²) in [6.45, 7) is 3.72. The van der Waals surface area contributed by atoms with Crippen LogP contribution in [0.1, 0.15) is 18.9 Å². The smallest absolute Gasteiger partial charge is 0.233 e. The predicted octanol–water partition coefficient (Wildman–Crippen LogP) is 1.20. The summed E-state index contributed by atoms with van der Waals surface area (Å²) in [6.07, 6.45) is 0.940. The van der Waals surface area contributed by atoms with Gasteiger partial charge in [-0.2, -0.15) is 5.26 Å². The fourth-order valence-electron chi connectivity index (χ4n) is 1.47. The second kappa shape index (κ2) is 8.95. The minimum atomic E-state index is 0.0100. The molecule has 1 aromatic rings. The lowest BCUT2D eigenvalue weighted by atomic mass is 10.2. The molecule has 1 amide bonds. The summed E-state index contributed by atoms with van der Waals surface area (Å²) in [4.78, 5) is 11.3. The van der Waals surface area contributed by atoms with Gasteiger partial charge in [0, 0.05) is 13.1 Å². The molecule has 0 aliphatic rings. The van der Waals surface area contributed by atoms with E-state index in [1.807, 2.05) is 37.3 Å². The van der Waals surface area contributed by atoms with E-state index in [2.05, 4.69) is 10.6 Å². The first-order valence-corrected chi connectivity index (χ1v) is 6.32. The molecular formula is C14H19N3O2. The van der Waals surface area contributed by atoms with E-state index in [0.29, 0.717) is 25.4 Å². The maximum atomic E-state index is 11.3. The van der Waals surface area contributed by atoms with Gasteiger partial charge < -0.3 is 15.4 Å². The van der Waals surface area contributed by atoms with Gasteiger partial charge in [-0.1, -0.05) is 19.1 Å². The van der Waals surface area contributed by atoms with Crippen LogP contribution in [0.2, 0.25) is 0 Å². The third-order valence-corrected chi connectivity index (χ3v) is 2.41. The normalized spacial score (nSPS) is 9.68. The molecule has 0 atom stereocenters. The summed E-state index contributed by atoms with van der Waals surface area (Å²) in [6, 6.07) is 9.35. The minimum Gasteiger partial charge on any atom is -0.479 e. The molecule has 0 saturated heterocycles. The van der Waals surface area contributed by atoms with Crippen LogP contribution in [0.15, 0.2) is 24.3 Å². The van der Waals surface area contributed by atoms with Gasteiger partial charge >= 0.3 is 0 Å². The maximum Gasteiger partial charge on any atom is 0.233 e. The summed E-state index contributed by atoms with van der Waals surface area (Å²) in [5.41, 5.74) is 1.06. The van der Waals surface area contributed by atoms with Gasteiger partial charge in [-0.25, -0.2) is 0 Å². The van der Waals surface area contributed by atoms with E-state index in [4.69, 9.17) is 10.00 Å². The molecule has 2 N–H and O–H groups in total. The zero-order valence-electron chi connectivity index (χ0n) is 11.1. The van der Waals surface area contributed by atoms with Crippen molar-refractivity contribution in [3.63, 3.8) is 0 Å². The molecule has 0 aliphatic heterocycles. The number of rotatable bonds is 8. The van der Waals surface area contributed by atoms with E-state index in [9.17, 15) is 4.79 Å². The van der Waals surface area contributed by atoms with Crippen molar-refractivity contribution < 1.29 is 9.53 Å². The number of benzene rings is 1. The lowest BCUT2D eigenvalue weighted by Gasteiger charge is -2.07. The standard InChI is InChI=1S/C14H19N3O2/c1-2-8-17-14(18)11-16-10-12-3-5-13(6-4-12)19-9-7-15/h3-6,16H,2,8-11H2,1H3,(H,17,18). The number of carbonyl (C=O) groups is 1. The van der Waals surface area contributed by atoms with Crippen molar-refractivity contribution in [2.45, 2.75) is 19.9 Å². The highest BCUT2D eigenvalue weighted by Gasteiger charge is 2.00. The molecule has 5 nitrogen and oxygen atoms in total. The molecule has 0 bridgehead atoms. The topological polar surface area (TPSA) is 74.2 Å². The van der Waals surface area contributed by atoms with E-state index in [1.165, 1.54) is 0 Å². The van der Waals surface area contributed by atoms with Crippen molar-refractivity contribution in [3.05, 3.63) is 29.8 Å². The van der Waals surface area contributed by atoms with E-state index in [1.54, 1.807) is 0 Å². The van der Waals surface area contributed by atoms with Crippen molar-refractivity contribution >= 4 is 5.91 Å². The van der Waals surface area contributed by atoms with E-state index in [0.717, 1.165) is 12.0 Å². The SMILES string of the molecule is CCCNC(=O)CNCc1ccc(OCC#N)cc1. The van der Waals surface area contributed by atoms with E-state index < -0.39 is 0 Å². The molecule has 5 heteroatoms. The first kappa shape index (κ1) is 15.0. The molecule has 0 aromatic heterocycles. The average molecular weight is 261 g/mol. The number of nitriles is 1. The highest BCUT2D eigenvalue weighted by atomic mass is 16.5. The summed E-state index contributed by atoms with van der Waals surface area (Å²) in [7, 11) is 0. The second-order valence-corrected chi connectivity index (χ2v) is 4.04. The predicted molar refractivity (Wildman–Crippen MR) is 72.6 cm³/mol. The molecule has 0 radical (unpaired) electrons. The highest BCUT2D eigenvalue weighted by molar-refractivity contribution is 5.77. The van der Waals surface area contributed by atoms with Crippen LogP contribution in [0, 0.1) is 11.3 Å². The summed E-state index contributed by atoms with van der Waals surface area (Å²) in [5.74, 6) is 0.682. The lowest BCUT2D eigenvalue weighted by Crippen LogP contribution is -2.33. The van der Waals surface area contributed by atoms with Crippen LogP contribution in [0.5, 0.6) is 5.75 Å². The Morgan fingerprint density at radius 1 is 1.37 bits per heavy atom. The van der Waals surface area contributed by atoms with Crippen LogP contribution in [-0.2, 0) is 11.3 Å². The van der Waals surface area contributed by atoms with Crippen LogP contribution < -0.4 is 15.4 Å². The molecule has 0 fully saturated rings. The Labute approximate surface area is 113 Å². The van der Waals surface area contributed by atoms with Gasteiger partial charge in [0.15, 0.2) is 6.61 Å². The van der Waals surface area contributed by atoms with Gasteiger partial charge in [0.25, 0.3) is 0 Å². The maximum absolute atomic E-state index is 11.3. The van der Waals surface area contributed by atoms with Crippen LogP contribution in [0.3, 0.4) is 0 Å². The lowest BCUT2D eigenvalue weighted by molar-refractivity contribution is -0.120. The Morgan fingerprint density at radius 2 is 2.11 bits per heavy atom. The monoisotopic (exact) mass is 261 g/mol. The third kappa shape index (κ3) is 6.43. The van der Waals surface area contributed by atoms with Crippen molar-refractivity contribution in [1.82, 2.24) is 10.6 Å². The van der Waals surface area contributed by atoms with Crippen molar-refractivity contribution in [3.8, 4) is 11.8 Å². The summed E-state index contributed by atoms with van der Waals surface area (Å²) in [5, 5.41) is 14.3. The van der Waals surface area contributed by atoms with Gasteiger partial charge in [-0.3, -0.25) is 4.79 Å². The van der Waals surface area contributed by atoms with Gasteiger partial charge in [0.05, 0.1) is 6.54 Å². The van der Waals surface area contributed by atoms with Crippen molar-refractivity contribution in [2.24, 2.45) is 0 Å². The third-order valence-electron chi connectivity index (χ3n) is 2.41. The highest BCUT2D eigenvalue weighted by Crippen LogP contribution is 2.11. The van der Waals surface area contributed by atoms with E-state index >= 15 is 0 Å². The number of nitrogens with zero attached hydrogens (tertiary/aromatic N) is 1.